The molecule has 0 bridgehead atoms. The third-order valence-corrected chi connectivity index (χ3v) is 10.1. The first-order chi connectivity index (χ1) is 16.3. The summed E-state index contributed by atoms with van der Waals surface area (Å²) in [5.74, 6) is 0.0161. The molecule has 34 heavy (non-hydrogen) atoms. The summed E-state index contributed by atoms with van der Waals surface area (Å²) in [4.78, 5) is 12.6. The van der Waals surface area contributed by atoms with Crippen LogP contribution in [0.1, 0.15) is 52.4 Å². The number of allylic oxidation sites excluding steroid dienone is 1. The third kappa shape index (κ3) is 3.56. The standard InChI is InChI=1S/C26H39NO7/c1-24-9-16(11-27)20(29)8-17(24)4-5-18-19-6-7-22(26(33-13-28)12-31-15-34-26)25(19,2)10-21(23(18)24)32-14-30-3/h8,11,16,18-19,21-23,27-28H,4-7,9-10,12-15H2,1-3H3. The Bertz CT molecular complexity index is 839. The Kier molecular flexibility index (Phi) is 6.53. The molecule has 8 nitrogen and oxygen atoms in total. The van der Waals surface area contributed by atoms with Gasteiger partial charge in [0.15, 0.2) is 18.4 Å². The molecule has 2 N–H and O–H groups in total. The molecule has 0 amide bonds. The lowest BCUT2D eigenvalue weighted by atomic mass is 9.45. The molecule has 190 valence electrons. The van der Waals surface area contributed by atoms with Crippen molar-refractivity contribution < 1.29 is 33.6 Å². The van der Waals surface area contributed by atoms with E-state index in [-0.39, 0.29) is 54.1 Å². The Labute approximate surface area is 201 Å². The van der Waals surface area contributed by atoms with Gasteiger partial charge in [-0.1, -0.05) is 19.4 Å². The highest BCUT2D eigenvalue weighted by Crippen LogP contribution is 2.69. The summed E-state index contributed by atoms with van der Waals surface area (Å²) in [6, 6.07) is 0. The van der Waals surface area contributed by atoms with Gasteiger partial charge in [-0.15, -0.1) is 0 Å². The number of rotatable bonds is 7. The number of ether oxygens (including phenoxy) is 5. The Morgan fingerprint density at radius 1 is 1.26 bits per heavy atom. The maximum absolute atomic E-state index is 12.6. The minimum absolute atomic E-state index is 0.0476. The van der Waals surface area contributed by atoms with E-state index < -0.39 is 12.6 Å². The van der Waals surface area contributed by atoms with Crippen molar-refractivity contribution in [2.24, 2.45) is 40.4 Å². The van der Waals surface area contributed by atoms with Crippen LogP contribution in [0.2, 0.25) is 0 Å². The molecular weight excluding hydrogens is 438 g/mol. The van der Waals surface area contributed by atoms with E-state index in [1.54, 1.807) is 7.11 Å². The zero-order chi connectivity index (χ0) is 24.1. The molecule has 0 radical (unpaired) electrons. The summed E-state index contributed by atoms with van der Waals surface area (Å²) in [5.41, 5.74) is 0.947. The molecule has 9 atom stereocenters. The van der Waals surface area contributed by atoms with Gasteiger partial charge >= 0.3 is 0 Å². The average Bonchev–Trinajstić information content (AvgIpc) is 3.42. The van der Waals surface area contributed by atoms with Crippen molar-refractivity contribution in [3.63, 3.8) is 0 Å². The van der Waals surface area contributed by atoms with Gasteiger partial charge in [0.2, 0.25) is 0 Å². The third-order valence-electron chi connectivity index (χ3n) is 10.1. The van der Waals surface area contributed by atoms with Crippen LogP contribution in [0.3, 0.4) is 0 Å². The second-order valence-electron chi connectivity index (χ2n) is 11.4. The Morgan fingerprint density at radius 2 is 2.09 bits per heavy atom. The van der Waals surface area contributed by atoms with Crippen LogP contribution in [-0.2, 0) is 28.5 Å². The van der Waals surface area contributed by atoms with Crippen LogP contribution in [-0.4, -0.2) is 63.1 Å². The lowest BCUT2D eigenvalue weighted by Crippen LogP contribution is -2.60. The summed E-state index contributed by atoms with van der Waals surface area (Å²) in [6.45, 7) is 4.96. The number of aliphatic hydroxyl groups excluding tert-OH is 1. The van der Waals surface area contributed by atoms with Crippen molar-refractivity contribution in [2.45, 2.75) is 64.3 Å². The highest BCUT2D eigenvalue weighted by atomic mass is 16.8. The molecule has 4 aliphatic carbocycles. The van der Waals surface area contributed by atoms with Gasteiger partial charge in [-0.3, -0.25) is 4.79 Å². The number of carbonyl (C=O) groups is 1. The van der Waals surface area contributed by atoms with Crippen LogP contribution in [0.4, 0.5) is 0 Å². The minimum atomic E-state index is -0.928. The maximum atomic E-state index is 12.6. The van der Waals surface area contributed by atoms with Crippen LogP contribution in [0.25, 0.3) is 0 Å². The molecule has 1 saturated heterocycles. The molecule has 1 aliphatic heterocycles. The number of carbonyl (C=O) groups excluding carboxylic acids is 1. The largest absolute Gasteiger partial charge is 0.371 e. The maximum Gasteiger partial charge on any atom is 0.200 e. The molecule has 0 aromatic carbocycles. The highest BCUT2D eigenvalue weighted by Gasteiger charge is 2.67. The van der Waals surface area contributed by atoms with Crippen molar-refractivity contribution in [3.05, 3.63) is 11.6 Å². The van der Waals surface area contributed by atoms with Crippen molar-refractivity contribution >= 4 is 12.0 Å². The van der Waals surface area contributed by atoms with E-state index >= 15 is 0 Å². The van der Waals surface area contributed by atoms with Crippen LogP contribution >= 0.6 is 0 Å². The van der Waals surface area contributed by atoms with Crippen molar-refractivity contribution in [3.8, 4) is 0 Å². The van der Waals surface area contributed by atoms with E-state index in [4.69, 9.17) is 29.1 Å². The molecule has 9 unspecified atom stereocenters. The van der Waals surface area contributed by atoms with Gasteiger partial charge in [-0.2, -0.15) is 0 Å². The smallest absolute Gasteiger partial charge is 0.200 e. The Balaban J connectivity index is 1.53. The summed E-state index contributed by atoms with van der Waals surface area (Å²) in [6.07, 6.45) is 8.58. The lowest BCUT2D eigenvalue weighted by molar-refractivity contribution is -0.287. The van der Waals surface area contributed by atoms with E-state index in [0.717, 1.165) is 32.1 Å². The molecule has 5 rings (SSSR count). The van der Waals surface area contributed by atoms with E-state index in [1.165, 1.54) is 11.8 Å². The molecule has 8 heteroatoms. The number of aliphatic hydroxyl groups is 1. The summed E-state index contributed by atoms with van der Waals surface area (Å²) in [7, 11) is 1.65. The molecule has 0 spiro atoms. The first-order valence-electron chi connectivity index (χ1n) is 12.7. The van der Waals surface area contributed by atoms with E-state index in [2.05, 4.69) is 13.8 Å². The summed E-state index contributed by atoms with van der Waals surface area (Å²) >= 11 is 0. The predicted octanol–water partition coefficient (Wildman–Crippen LogP) is 3.28. The second kappa shape index (κ2) is 9.05. The van der Waals surface area contributed by atoms with E-state index in [9.17, 15) is 9.90 Å². The monoisotopic (exact) mass is 477 g/mol. The summed E-state index contributed by atoms with van der Waals surface area (Å²) in [5, 5.41) is 17.5. The molecular formula is C26H39NO7. The molecule has 3 saturated carbocycles. The zero-order valence-electron chi connectivity index (χ0n) is 20.6. The van der Waals surface area contributed by atoms with Crippen LogP contribution in [0.5, 0.6) is 0 Å². The van der Waals surface area contributed by atoms with E-state index in [0.29, 0.717) is 24.9 Å². The first-order valence-corrected chi connectivity index (χ1v) is 12.7. The average molecular weight is 478 g/mol. The van der Waals surface area contributed by atoms with E-state index in [1.807, 2.05) is 6.08 Å². The minimum Gasteiger partial charge on any atom is -0.371 e. The Hall–Kier alpha value is -1.16. The predicted molar refractivity (Wildman–Crippen MR) is 123 cm³/mol. The Morgan fingerprint density at radius 3 is 2.76 bits per heavy atom. The van der Waals surface area contributed by atoms with Gasteiger partial charge in [0.25, 0.3) is 0 Å². The normalized spacial score (nSPS) is 48.1. The van der Waals surface area contributed by atoms with Gasteiger partial charge in [0, 0.05) is 19.2 Å². The fourth-order valence-corrected chi connectivity index (χ4v) is 8.82. The number of ketones is 1. The molecule has 1 heterocycles. The van der Waals surface area contributed by atoms with Crippen molar-refractivity contribution in [1.29, 1.82) is 5.41 Å². The van der Waals surface area contributed by atoms with Crippen molar-refractivity contribution in [2.75, 3.05) is 34.1 Å². The number of hydrogen-bond acceptors (Lipinski definition) is 8. The summed E-state index contributed by atoms with van der Waals surface area (Å²) < 4.78 is 29.3. The number of nitrogens with one attached hydrogen (secondary N) is 1. The lowest BCUT2D eigenvalue weighted by Gasteiger charge is -2.61. The quantitative estimate of drug-likeness (QED) is 0.428. The van der Waals surface area contributed by atoms with Crippen LogP contribution in [0.15, 0.2) is 11.6 Å². The van der Waals surface area contributed by atoms with Crippen molar-refractivity contribution in [1.82, 2.24) is 0 Å². The SMILES string of the molecule is COCOC1CC2(C)C(CCC2C2(OCO)COCO2)C2CCC3=CC(=O)C(C=N)CC3(C)C12. The van der Waals surface area contributed by atoms with Gasteiger partial charge in [-0.05, 0) is 73.2 Å². The molecule has 5 aliphatic rings. The molecule has 0 aromatic heterocycles. The number of hydrogen-bond donors (Lipinski definition) is 2. The fourth-order valence-electron chi connectivity index (χ4n) is 8.82. The van der Waals surface area contributed by atoms with Crippen LogP contribution < -0.4 is 0 Å². The van der Waals surface area contributed by atoms with Crippen LogP contribution in [0, 0.1) is 45.8 Å². The van der Waals surface area contributed by atoms with Gasteiger partial charge in [0.05, 0.1) is 12.0 Å². The van der Waals surface area contributed by atoms with Gasteiger partial charge in [-0.25, -0.2) is 0 Å². The first kappa shape index (κ1) is 24.5. The highest BCUT2D eigenvalue weighted by molar-refractivity contribution is 6.02. The molecule has 4 fully saturated rings. The number of fused-ring (bicyclic) bond motifs is 5. The second-order valence-corrected chi connectivity index (χ2v) is 11.4. The molecule has 0 aromatic rings. The zero-order valence-corrected chi connectivity index (χ0v) is 20.6. The van der Waals surface area contributed by atoms with Gasteiger partial charge < -0.3 is 34.2 Å². The topological polar surface area (TPSA) is 107 Å². The number of methoxy groups -OCH3 is 1. The van der Waals surface area contributed by atoms with Gasteiger partial charge in [0.1, 0.15) is 20.2 Å². The fraction of sp³-hybridized carbons (Fsp3) is 0.846.